The maximum absolute atomic E-state index is 12.8. The molecule has 5 atom stereocenters. The normalized spacial score (nSPS) is 20.4. The lowest BCUT2D eigenvalue weighted by Crippen LogP contribution is -2.56. The molecule has 1 aliphatic rings. The molecule has 1 saturated heterocycles. The largest absolute Gasteiger partial charge is 0.344 e. The highest BCUT2D eigenvalue weighted by molar-refractivity contribution is 6.28. The molecule has 1 rings (SSSR count). The Labute approximate surface area is 177 Å². The first-order valence-corrected chi connectivity index (χ1v) is 9.92. The summed E-state index contributed by atoms with van der Waals surface area (Å²) in [5.41, 5.74) is 5.51. The number of nitrogens with zero attached hydrogens (tertiary/aromatic N) is 1. The van der Waals surface area contributed by atoms with Crippen molar-refractivity contribution in [3.05, 3.63) is 0 Å². The minimum atomic E-state index is -0.785. The Kier molecular flexibility index (Phi) is 11.6. The van der Waals surface area contributed by atoms with Gasteiger partial charge in [-0.05, 0) is 32.6 Å². The number of rotatable bonds is 9. The van der Waals surface area contributed by atoms with Crippen molar-refractivity contribution in [1.29, 1.82) is 0 Å². The molecule has 0 saturated carbocycles. The minimum absolute atomic E-state index is 0. The molecule has 28 heavy (non-hydrogen) atoms. The van der Waals surface area contributed by atoms with Crippen LogP contribution in [0.1, 0.15) is 47.0 Å². The summed E-state index contributed by atoms with van der Waals surface area (Å²) >= 11 is 5.67. The SMILES string of the molecule is CC[C@H](C)[C@H](NC(=O)[C@@H]1CCCN1C(=O)[C@H](C)NC(=O)[C@H](C)N)C(=O)CCl.Cl. The number of alkyl halides is 1. The Bertz CT molecular complexity index is 574. The minimum Gasteiger partial charge on any atom is -0.344 e. The number of Topliss-reactive ketones (excluding diaryl/α,β-unsaturated/α-hetero) is 1. The maximum atomic E-state index is 12.8. The van der Waals surface area contributed by atoms with E-state index in [2.05, 4.69) is 10.6 Å². The Hall–Kier alpha value is -1.38. The zero-order valence-electron chi connectivity index (χ0n) is 16.9. The van der Waals surface area contributed by atoms with Crippen molar-refractivity contribution >= 4 is 47.5 Å². The summed E-state index contributed by atoms with van der Waals surface area (Å²) < 4.78 is 0. The topological polar surface area (TPSA) is 122 Å². The second-order valence-electron chi connectivity index (χ2n) is 7.18. The van der Waals surface area contributed by atoms with Crippen LogP contribution < -0.4 is 16.4 Å². The quantitative estimate of drug-likeness (QED) is 0.454. The van der Waals surface area contributed by atoms with E-state index in [9.17, 15) is 19.2 Å². The van der Waals surface area contributed by atoms with Gasteiger partial charge in [-0.25, -0.2) is 0 Å². The van der Waals surface area contributed by atoms with Crippen LogP contribution in [0.25, 0.3) is 0 Å². The van der Waals surface area contributed by atoms with Crippen LogP contribution in [0.2, 0.25) is 0 Å². The predicted molar refractivity (Wildman–Crippen MR) is 110 cm³/mol. The predicted octanol–water partition coefficient (Wildman–Crippen LogP) is 0.590. The fourth-order valence-electron chi connectivity index (χ4n) is 3.07. The van der Waals surface area contributed by atoms with Gasteiger partial charge in [0, 0.05) is 6.54 Å². The molecule has 1 aliphatic heterocycles. The second-order valence-corrected chi connectivity index (χ2v) is 7.45. The average Bonchev–Trinajstić information content (AvgIpc) is 3.13. The third kappa shape index (κ3) is 6.90. The van der Waals surface area contributed by atoms with E-state index in [1.165, 1.54) is 11.8 Å². The van der Waals surface area contributed by atoms with E-state index in [-0.39, 0.29) is 41.8 Å². The molecule has 0 radical (unpaired) electrons. The number of nitrogens with one attached hydrogen (secondary N) is 2. The first-order chi connectivity index (χ1) is 12.6. The van der Waals surface area contributed by atoms with E-state index in [1.54, 1.807) is 6.92 Å². The van der Waals surface area contributed by atoms with Gasteiger partial charge >= 0.3 is 0 Å². The molecule has 0 aromatic heterocycles. The number of hydrogen-bond acceptors (Lipinski definition) is 5. The van der Waals surface area contributed by atoms with Crippen molar-refractivity contribution in [3.63, 3.8) is 0 Å². The lowest BCUT2D eigenvalue weighted by Gasteiger charge is -2.30. The number of likely N-dealkylation sites (tertiary alicyclic amines) is 1. The van der Waals surface area contributed by atoms with Gasteiger partial charge in [-0.15, -0.1) is 24.0 Å². The Balaban J connectivity index is 0.00000729. The summed E-state index contributed by atoms with van der Waals surface area (Å²) in [5.74, 6) is -1.62. The van der Waals surface area contributed by atoms with E-state index in [0.29, 0.717) is 25.8 Å². The van der Waals surface area contributed by atoms with E-state index in [4.69, 9.17) is 17.3 Å². The van der Waals surface area contributed by atoms with Crippen molar-refractivity contribution in [1.82, 2.24) is 15.5 Å². The van der Waals surface area contributed by atoms with Gasteiger partial charge in [-0.2, -0.15) is 0 Å². The molecule has 8 nitrogen and oxygen atoms in total. The van der Waals surface area contributed by atoms with Gasteiger partial charge in [0.15, 0.2) is 5.78 Å². The molecule has 4 N–H and O–H groups in total. The Morgan fingerprint density at radius 2 is 1.79 bits per heavy atom. The number of nitrogens with two attached hydrogens (primary N) is 1. The van der Waals surface area contributed by atoms with Gasteiger partial charge in [-0.1, -0.05) is 20.3 Å². The Morgan fingerprint density at radius 1 is 1.18 bits per heavy atom. The van der Waals surface area contributed by atoms with Gasteiger partial charge in [0.25, 0.3) is 0 Å². The van der Waals surface area contributed by atoms with E-state index in [0.717, 1.165) is 0 Å². The number of halogens is 2. The monoisotopic (exact) mass is 438 g/mol. The number of ketones is 1. The first-order valence-electron chi connectivity index (χ1n) is 9.39. The van der Waals surface area contributed by atoms with Gasteiger partial charge in [0.2, 0.25) is 17.7 Å². The van der Waals surface area contributed by atoms with Crippen molar-refractivity contribution in [2.75, 3.05) is 12.4 Å². The fraction of sp³-hybridized carbons (Fsp3) is 0.778. The molecule has 0 bridgehead atoms. The van der Waals surface area contributed by atoms with Crippen molar-refractivity contribution in [3.8, 4) is 0 Å². The molecule has 1 heterocycles. The molecular weight excluding hydrogens is 407 g/mol. The van der Waals surface area contributed by atoms with Crippen LogP contribution in [0.4, 0.5) is 0 Å². The molecule has 0 aromatic rings. The number of carbonyl (C=O) groups is 4. The zero-order valence-corrected chi connectivity index (χ0v) is 18.4. The number of carbonyl (C=O) groups excluding carboxylic acids is 4. The fourth-order valence-corrected chi connectivity index (χ4v) is 3.23. The van der Waals surface area contributed by atoms with Crippen LogP contribution >= 0.6 is 24.0 Å². The third-order valence-electron chi connectivity index (χ3n) is 4.97. The molecule has 162 valence electrons. The molecule has 1 fully saturated rings. The summed E-state index contributed by atoms with van der Waals surface area (Å²) in [5, 5.41) is 5.32. The molecule has 3 amide bonds. The second kappa shape index (κ2) is 12.2. The van der Waals surface area contributed by atoms with Crippen molar-refractivity contribution in [2.24, 2.45) is 11.7 Å². The molecule has 0 aliphatic carbocycles. The van der Waals surface area contributed by atoms with E-state index in [1.807, 2.05) is 13.8 Å². The lowest BCUT2D eigenvalue weighted by molar-refractivity contribution is -0.141. The smallest absolute Gasteiger partial charge is 0.245 e. The molecular formula is C18H32Cl2N4O4. The summed E-state index contributed by atoms with van der Waals surface area (Å²) in [6.07, 6.45) is 1.89. The van der Waals surface area contributed by atoms with E-state index < -0.39 is 30.1 Å². The van der Waals surface area contributed by atoms with Crippen LogP contribution in [0.5, 0.6) is 0 Å². The summed E-state index contributed by atoms with van der Waals surface area (Å²) in [4.78, 5) is 50.7. The molecule has 0 spiro atoms. The van der Waals surface area contributed by atoms with Gasteiger partial charge in [-0.3, -0.25) is 19.2 Å². The molecule has 0 unspecified atom stereocenters. The maximum Gasteiger partial charge on any atom is 0.245 e. The zero-order chi connectivity index (χ0) is 20.7. The summed E-state index contributed by atoms with van der Waals surface area (Å²) in [7, 11) is 0. The number of amides is 3. The highest BCUT2D eigenvalue weighted by Gasteiger charge is 2.38. The van der Waals surface area contributed by atoms with Crippen molar-refractivity contribution < 1.29 is 19.2 Å². The summed E-state index contributed by atoms with van der Waals surface area (Å²) in [6, 6.07) is -2.85. The van der Waals surface area contributed by atoms with Gasteiger partial charge < -0.3 is 21.3 Å². The first kappa shape index (κ1) is 26.6. The van der Waals surface area contributed by atoms with Crippen molar-refractivity contribution in [2.45, 2.75) is 71.1 Å². The Morgan fingerprint density at radius 3 is 2.29 bits per heavy atom. The average molecular weight is 439 g/mol. The highest BCUT2D eigenvalue weighted by Crippen LogP contribution is 2.20. The highest BCUT2D eigenvalue weighted by atomic mass is 35.5. The van der Waals surface area contributed by atoms with E-state index >= 15 is 0 Å². The lowest BCUT2D eigenvalue weighted by atomic mass is 9.95. The van der Waals surface area contributed by atoms with Crippen LogP contribution in [-0.2, 0) is 19.2 Å². The van der Waals surface area contributed by atoms with Gasteiger partial charge in [0.1, 0.15) is 12.1 Å². The van der Waals surface area contributed by atoms with Crippen LogP contribution in [0, 0.1) is 5.92 Å². The van der Waals surface area contributed by atoms with Crippen LogP contribution in [-0.4, -0.2) is 65.0 Å². The molecule has 0 aromatic carbocycles. The molecule has 10 heteroatoms. The van der Waals surface area contributed by atoms with Crippen LogP contribution in [0.15, 0.2) is 0 Å². The van der Waals surface area contributed by atoms with Gasteiger partial charge in [0.05, 0.1) is 18.0 Å². The summed E-state index contributed by atoms with van der Waals surface area (Å²) in [6.45, 7) is 7.32. The van der Waals surface area contributed by atoms with Crippen LogP contribution in [0.3, 0.4) is 0 Å². The third-order valence-corrected chi connectivity index (χ3v) is 5.23. The number of hydrogen-bond donors (Lipinski definition) is 3. The standard InChI is InChI=1S/C18H31ClN4O4.ClH/c1-5-10(2)15(14(24)9-19)22-17(26)13-7-6-8-23(13)18(27)12(4)21-16(25)11(3)20;/h10-13,15H,5-9,20H2,1-4H3,(H,21,25)(H,22,26);1H/t10-,11-,12-,13-,15-;/m0./s1.